The van der Waals surface area contributed by atoms with E-state index in [-0.39, 0.29) is 36.5 Å². The molecule has 3 unspecified atom stereocenters. The second-order valence-corrected chi connectivity index (χ2v) is 7.69. The number of Topliss-reactive ketones (excluding diaryl/α,β-unsaturated/α-hetero) is 2. The van der Waals surface area contributed by atoms with Crippen molar-refractivity contribution >= 4 is 23.5 Å². The lowest BCUT2D eigenvalue weighted by atomic mass is 9.70. The minimum absolute atomic E-state index is 0.0187. The van der Waals surface area contributed by atoms with E-state index >= 15 is 0 Å². The minimum Gasteiger partial charge on any atom is -0.418 e. The van der Waals surface area contributed by atoms with Crippen molar-refractivity contribution in [2.24, 2.45) is 17.6 Å². The third kappa shape index (κ3) is 4.44. The molecule has 3 N–H and O–H groups in total. The largest absolute Gasteiger partial charge is 0.491 e. The number of nitrogens with zero attached hydrogens (tertiary/aromatic N) is 1. The number of ether oxygens (including phenoxy) is 1. The van der Waals surface area contributed by atoms with Crippen LogP contribution in [0.4, 0.5) is 13.2 Å². The smallest absolute Gasteiger partial charge is 0.418 e. The number of esters is 1. The average molecular weight is 481 g/mol. The molecule has 0 amide bonds. The number of benzene rings is 1. The summed E-state index contributed by atoms with van der Waals surface area (Å²) in [5.74, 6) is -7.32. The lowest BCUT2D eigenvalue weighted by Crippen LogP contribution is -2.54. The number of halogens is 3. The van der Waals surface area contributed by atoms with Crippen LogP contribution >= 0.6 is 0 Å². The molecule has 3 aliphatic rings. The van der Waals surface area contributed by atoms with E-state index in [1.165, 1.54) is 23.2 Å². The summed E-state index contributed by atoms with van der Waals surface area (Å²) >= 11 is 0. The van der Waals surface area contributed by atoms with Crippen LogP contribution in [-0.2, 0) is 24.1 Å². The average Bonchev–Trinajstić information content (AvgIpc) is 2.79. The van der Waals surface area contributed by atoms with E-state index in [1.807, 2.05) is 0 Å². The minimum atomic E-state index is -5.30. The molecule has 1 aliphatic heterocycles. The number of nitrogens with one attached hydrogen (secondary N) is 1. The predicted octanol–water partition coefficient (Wildman–Crippen LogP) is 0.807. The summed E-state index contributed by atoms with van der Waals surface area (Å²) in [6.07, 6.45) is -3.05. The van der Waals surface area contributed by atoms with Crippen molar-refractivity contribution in [2.45, 2.75) is 12.2 Å². The van der Waals surface area contributed by atoms with Gasteiger partial charge in [0, 0.05) is 24.2 Å². The molecule has 2 aliphatic carbocycles. The number of fused-ring (bicyclic) bond motifs is 2. The molecule has 1 fully saturated rings. The van der Waals surface area contributed by atoms with Crippen molar-refractivity contribution in [3.63, 3.8) is 0 Å². The van der Waals surface area contributed by atoms with E-state index in [9.17, 15) is 32.3 Å². The molecule has 34 heavy (non-hydrogen) atoms. The Hall–Kier alpha value is -3.55. The number of hydrogen-bond donors (Lipinski definition) is 2. The Morgan fingerprint density at radius 1 is 1.15 bits per heavy atom. The molecule has 13 heteroatoms. The summed E-state index contributed by atoms with van der Waals surface area (Å²) in [4.78, 5) is 58.9. The number of rotatable bonds is 3. The van der Waals surface area contributed by atoms with Gasteiger partial charge < -0.3 is 15.9 Å². The van der Waals surface area contributed by atoms with Gasteiger partial charge in [-0.2, -0.15) is 18.1 Å². The molecule has 10 nitrogen and oxygen atoms in total. The Balaban J connectivity index is 1.75. The summed E-state index contributed by atoms with van der Waals surface area (Å²) in [7, 11) is 0. The Morgan fingerprint density at radius 2 is 1.82 bits per heavy atom. The Kier molecular flexibility index (Phi) is 6.25. The molecule has 3 atom stereocenters. The van der Waals surface area contributed by atoms with Crippen molar-refractivity contribution in [1.29, 1.82) is 0 Å². The number of allylic oxidation sites excluding steroid dienone is 3. The van der Waals surface area contributed by atoms with E-state index in [0.717, 1.165) is 6.08 Å². The molecular weight excluding hydrogens is 463 g/mol. The molecule has 0 radical (unpaired) electrons. The van der Waals surface area contributed by atoms with E-state index in [0.29, 0.717) is 0 Å². The number of alkyl halides is 3. The first-order valence-corrected chi connectivity index (χ1v) is 10.1. The molecule has 1 saturated heterocycles. The number of carbonyl (C=O) groups is 4. The van der Waals surface area contributed by atoms with Crippen molar-refractivity contribution in [2.75, 3.05) is 19.7 Å². The van der Waals surface area contributed by atoms with Gasteiger partial charge in [-0.25, -0.2) is 14.6 Å². The number of ketones is 2. The van der Waals surface area contributed by atoms with Gasteiger partial charge in [0.1, 0.15) is 12.6 Å². The molecule has 4 rings (SSSR count). The van der Waals surface area contributed by atoms with E-state index in [2.05, 4.69) is 15.1 Å². The summed E-state index contributed by atoms with van der Waals surface area (Å²) in [6.45, 7) is -0.313. The summed E-state index contributed by atoms with van der Waals surface area (Å²) in [5, 5.41) is 1.30. The van der Waals surface area contributed by atoms with Crippen LogP contribution in [0.2, 0.25) is 0 Å². The van der Waals surface area contributed by atoms with Crippen LogP contribution in [0.15, 0.2) is 47.9 Å². The van der Waals surface area contributed by atoms with Gasteiger partial charge in [0.15, 0.2) is 17.3 Å². The molecule has 0 saturated carbocycles. The van der Waals surface area contributed by atoms with Crippen LogP contribution in [0.1, 0.15) is 20.7 Å². The van der Waals surface area contributed by atoms with Gasteiger partial charge in [-0.15, -0.1) is 0 Å². The Labute approximate surface area is 190 Å². The Bertz CT molecular complexity index is 1120. The zero-order valence-corrected chi connectivity index (χ0v) is 17.3. The van der Waals surface area contributed by atoms with Gasteiger partial charge in [0.2, 0.25) is 0 Å². The van der Waals surface area contributed by atoms with Crippen LogP contribution in [0.25, 0.3) is 0 Å². The highest BCUT2D eigenvalue weighted by molar-refractivity contribution is 6.17. The van der Waals surface area contributed by atoms with Crippen molar-refractivity contribution in [3.8, 4) is 0 Å². The lowest BCUT2D eigenvalue weighted by molar-refractivity contribution is -0.279. The highest BCUT2D eigenvalue weighted by atomic mass is 19.4. The van der Waals surface area contributed by atoms with Crippen LogP contribution in [0.3, 0.4) is 0 Å². The summed E-state index contributed by atoms with van der Waals surface area (Å²) in [5.41, 5.74) is 8.49. The van der Waals surface area contributed by atoms with E-state index in [4.69, 9.17) is 10.6 Å². The fourth-order valence-corrected chi connectivity index (χ4v) is 3.87. The molecule has 0 aromatic heterocycles. The number of hydrazine groups is 1. The summed E-state index contributed by atoms with van der Waals surface area (Å²) in [6, 6.07) is 4.84. The maximum atomic E-state index is 13.4. The van der Waals surface area contributed by atoms with Gasteiger partial charge in [0.05, 0.1) is 17.5 Å². The van der Waals surface area contributed by atoms with Gasteiger partial charge in [-0.3, -0.25) is 14.5 Å². The fourth-order valence-electron chi connectivity index (χ4n) is 3.87. The zero-order valence-electron chi connectivity index (χ0n) is 17.3. The van der Waals surface area contributed by atoms with Gasteiger partial charge in [-0.1, -0.05) is 30.3 Å². The first kappa shape index (κ1) is 23.6. The summed E-state index contributed by atoms with van der Waals surface area (Å²) < 4.78 is 43.2. The number of hydrogen-bond acceptors (Lipinski definition) is 10. The predicted molar refractivity (Wildman–Crippen MR) is 105 cm³/mol. The number of carbonyl (C=O) groups excluding carboxylic acids is 4. The maximum absolute atomic E-state index is 13.4. The second-order valence-electron chi connectivity index (χ2n) is 7.69. The molecule has 0 spiro atoms. The molecule has 180 valence electrons. The van der Waals surface area contributed by atoms with Crippen LogP contribution < -0.4 is 11.2 Å². The molecular formula is C21H18F3N3O7. The fraction of sp³-hybridized carbons (Fsp3) is 0.333. The third-order valence-corrected chi connectivity index (χ3v) is 5.45. The molecule has 1 heterocycles. The first-order chi connectivity index (χ1) is 16.1. The third-order valence-electron chi connectivity index (χ3n) is 5.45. The van der Waals surface area contributed by atoms with Crippen molar-refractivity contribution < 1.29 is 46.9 Å². The van der Waals surface area contributed by atoms with E-state index in [1.54, 1.807) is 12.1 Å². The van der Waals surface area contributed by atoms with E-state index < -0.39 is 53.3 Å². The van der Waals surface area contributed by atoms with Gasteiger partial charge in [-0.05, 0) is 6.08 Å². The SMILES string of the molecule is NC1CN(NC2=C(OC(=O)C(F)(F)F)C=CC3C(=O)c4ccccc4C(=O)C23)CCOOC1=O. The second kappa shape index (κ2) is 9.00. The highest BCUT2D eigenvalue weighted by Crippen LogP contribution is 2.39. The standard InChI is InChI=1S/C21H18F3N3O7/c22-21(23,24)20(31)33-14-6-5-12-15(18(29)11-4-2-1-3-10(11)17(12)28)16(14)26-27-7-8-32-34-19(30)13(25)9-27/h1-6,12-13,15,26H,7-9,25H2. The Morgan fingerprint density at radius 3 is 2.50 bits per heavy atom. The molecule has 1 aromatic carbocycles. The molecule has 1 aromatic rings. The maximum Gasteiger partial charge on any atom is 0.491 e. The number of nitrogens with two attached hydrogens (primary N) is 1. The van der Waals surface area contributed by atoms with Crippen LogP contribution in [0.5, 0.6) is 0 Å². The quantitative estimate of drug-likeness (QED) is 0.471. The van der Waals surface area contributed by atoms with Crippen molar-refractivity contribution in [1.82, 2.24) is 10.4 Å². The van der Waals surface area contributed by atoms with Gasteiger partial charge in [0.25, 0.3) is 0 Å². The van der Waals surface area contributed by atoms with Crippen molar-refractivity contribution in [3.05, 3.63) is 59.0 Å². The van der Waals surface area contributed by atoms with Crippen LogP contribution in [0, 0.1) is 11.8 Å². The molecule has 0 bridgehead atoms. The topological polar surface area (TPSA) is 137 Å². The monoisotopic (exact) mass is 481 g/mol. The first-order valence-electron chi connectivity index (χ1n) is 10.1. The lowest BCUT2D eigenvalue weighted by Gasteiger charge is -2.37. The normalized spacial score (nSPS) is 25.6. The van der Waals surface area contributed by atoms with Gasteiger partial charge >= 0.3 is 18.1 Å². The van der Waals surface area contributed by atoms with Crippen LogP contribution in [-0.4, -0.2) is 60.4 Å². The highest BCUT2D eigenvalue weighted by Gasteiger charge is 2.47. The zero-order chi connectivity index (χ0) is 24.6.